The van der Waals surface area contributed by atoms with Crippen LogP contribution in [0.5, 0.6) is 0 Å². The van der Waals surface area contributed by atoms with Crippen molar-refractivity contribution in [2.75, 3.05) is 0 Å². The second-order valence-corrected chi connectivity index (χ2v) is 6.54. The molecule has 2 rings (SSSR count). The van der Waals surface area contributed by atoms with E-state index in [1.807, 2.05) is 18.2 Å². The summed E-state index contributed by atoms with van der Waals surface area (Å²) >= 11 is 12.5. The first kappa shape index (κ1) is 15.4. The van der Waals surface area contributed by atoms with Crippen LogP contribution in [0.25, 0.3) is 11.1 Å². The molecular formula is C18H20Cl2. The van der Waals surface area contributed by atoms with Gasteiger partial charge < -0.3 is 0 Å². The first-order valence-electron chi connectivity index (χ1n) is 6.81. The van der Waals surface area contributed by atoms with Gasteiger partial charge in [-0.25, -0.2) is 0 Å². The summed E-state index contributed by atoms with van der Waals surface area (Å²) in [7, 11) is 0. The average Bonchev–Trinajstić information content (AvgIpc) is 2.45. The van der Waals surface area contributed by atoms with Crippen molar-refractivity contribution >= 4 is 23.2 Å². The van der Waals surface area contributed by atoms with Crippen LogP contribution in [0.15, 0.2) is 42.5 Å². The number of alkyl halides is 2. The molecule has 2 aromatic carbocycles. The van der Waals surface area contributed by atoms with Crippen LogP contribution >= 0.6 is 23.2 Å². The minimum atomic E-state index is 0.0697. The quantitative estimate of drug-likeness (QED) is 0.598. The van der Waals surface area contributed by atoms with Crippen molar-refractivity contribution < 1.29 is 0 Å². The van der Waals surface area contributed by atoms with Crippen molar-refractivity contribution in [1.82, 2.24) is 0 Å². The highest BCUT2D eigenvalue weighted by molar-refractivity contribution is 6.19. The number of benzene rings is 2. The lowest BCUT2D eigenvalue weighted by atomic mass is 9.81. The van der Waals surface area contributed by atoms with E-state index in [1.54, 1.807) is 0 Å². The molecule has 0 fully saturated rings. The Labute approximate surface area is 131 Å². The average molecular weight is 307 g/mol. The molecule has 0 aromatic heterocycles. The molecule has 106 valence electrons. The molecule has 0 saturated carbocycles. The second-order valence-electron chi connectivity index (χ2n) is 6.00. The van der Waals surface area contributed by atoms with Gasteiger partial charge in [0.1, 0.15) is 0 Å². The molecule has 0 heterocycles. The molecule has 0 aliphatic rings. The smallest absolute Gasteiger partial charge is 0.0483 e. The summed E-state index contributed by atoms with van der Waals surface area (Å²) in [5.74, 6) is 0.978. The third kappa shape index (κ3) is 3.02. The van der Waals surface area contributed by atoms with Crippen LogP contribution in [-0.4, -0.2) is 0 Å². The molecule has 0 nitrogen and oxygen atoms in total. The number of hydrogen-bond donors (Lipinski definition) is 0. The molecule has 2 aromatic rings. The van der Waals surface area contributed by atoms with E-state index in [-0.39, 0.29) is 5.41 Å². The zero-order valence-corrected chi connectivity index (χ0v) is 13.7. The Balaban J connectivity index is 2.68. The van der Waals surface area contributed by atoms with Crippen molar-refractivity contribution in [3.63, 3.8) is 0 Å². The predicted octanol–water partition coefficient (Wildman–Crippen LogP) is 6.13. The molecule has 0 atom stereocenters. The summed E-state index contributed by atoms with van der Waals surface area (Å²) in [5, 5.41) is 0. The summed E-state index contributed by atoms with van der Waals surface area (Å²) in [5.41, 5.74) is 6.05. The molecule has 0 radical (unpaired) electrons. The largest absolute Gasteiger partial charge is 0.122 e. The van der Waals surface area contributed by atoms with Crippen LogP contribution in [0.3, 0.4) is 0 Å². The maximum atomic E-state index is 6.23. The minimum absolute atomic E-state index is 0.0697. The van der Waals surface area contributed by atoms with Crippen molar-refractivity contribution in [2.45, 2.75) is 37.9 Å². The summed E-state index contributed by atoms with van der Waals surface area (Å²) in [6.45, 7) is 6.62. The Hall–Kier alpha value is -0.980. The first-order valence-corrected chi connectivity index (χ1v) is 7.88. The Bertz CT molecular complexity index is 580. The van der Waals surface area contributed by atoms with Gasteiger partial charge in [0.05, 0.1) is 0 Å². The van der Waals surface area contributed by atoms with E-state index in [0.29, 0.717) is 11.8 Å². The molecule has 0 N–H and O–H groups in total. The molecule has 0 spiro atoms. The molecule has 20 heavy (non-hydrogen) atoms. The third-order valence-corrected chi connectivity index (χ3v) is 4.13. The first-order chi connectivity index (χ1) is 9.49. The van der Waals surface area contributed by atoms with E-state index in [2.05, 4.69) is 45.0 Å². The van der Waals surface area contributed by atoms with E-state index in [1.165, 1.54) is 22.3 Å². The van der Waals surface area contributed by atoms with Crippen molar-refractivity contribution in [2.24, 2.45) is 0 Å². The normalized spacial score (nSPS) is 11.7. The van der Waals surface area contributed by atoms with Gasteiger partial charge in [-0.15, -0.1) is 23.2 Å². The molecule has 2 heteroatoms. The van der Waals surface area contributed by atoms with Crippen LogP contribution in [-0.2, 0) is 17.2 Å². The molecular weight excluding hydrogens is 287 g/mol. The van der Waals surface area contributed by atoms with Gasteiger partial charge in [-0.1, -0.05) is 63.2 Å². The maximum Gasteiger partial charge on any atom is 0.0483 e. The SMILES string of the molecule is CC(C)(C)c1ccc(-c2ccccc2)c(CCl)c1CCl. The number of hydrogen-bond acceptors (Lipinski definition) is 0. The summed E-state index contributed by atoms with van der Waals surface area (Å²) < 4.78 is 0. The van der Waals surface area contributed by atoms with Crippen LogP contribution < -0.4 is 0 Å². The van der Waals surface area contributed by atoms with Gasteiger partial charge in [-0.05, 0) is 33.2 Å². The summed E-state index contributed by atoms with van der Waals surface area (Å²) in [6, 6.07) is 14.7. The van der Waals surface area contributed by atoms with Gasteiger partial charge in [0.2, 0.25) is 0 Å². The van der Waals surface area contributed by atoms with Gasteiger partial charge in [0.15, 0.2) is 0 Å². The van der Waals surface area contributed by atoms with Crippen LogP contribution in [0.1, 0.15) is 37.5 Å². The van der Waals surface area contributed by atoms with Crippen LogP contribution in [0, 0.1) is 0 Å². The third-order valence-electron chi connectivity index (χ3n) is 3.59. The molecule has 0 unspecified atom stereocenters. The highest BCUT2D eigenvalue weighted by atomic mass is 35.5. The van der Waals surface area contributed by atoms with E-state index in [4.69, 9.17) is 23.2 Å². The fourth-order valence-corrected chi connectivity index (χ4v) is 3.20. The fraction of sp³-hybridized carbons (Fsp3) is 0.333. The lowest BCUT2D eigenvalue weighted by molar-refractivity contribution is 0.584. The van der Waals surface area contributed by atoms with Crippen LogP contribution in [0.2, 0.25) is 0 Å². The lowest BCUT2D eigenvalue weighted by Gasteiger charge is -2.25. The Kier molecular flexibility index (Phi) is 4.78. The van der Waals surface area contributed by atoms with Gasteiger partial charge in [0.25, 0.3) is 0 Å². The Morgan fingerprint density at radius 2 is 1.40 bits per heavy atom. The Morgan fingerprint density at radius 3 is 1.90 bits per heavy atom. The monoisotopic (exact) mass is 306 g/mol. The van der Waals surface area contributed by atoms with Gasteiger partial charge in [0, 0.05) is 11.8 Å². The second kappa shape index (κ2) is 6.20. The summed E-state index contributed by atoms with van der Waals surface area (Å²) in [6.07, 6.45) is 0. The highest BCUT2D eigenvalue weighted by Crippen LogP contribution is 2.35. The van der Waals surface area contributed by atoms with Crippen molar-refractivity contribution in [1.29, 1.82) is 0 Å². The standard InChI is InChI=1S/C18H20Cl2/c1-18(2,3)17-10-9-14(13-7-5-4-6-8-13)15(11-19)16(17)12-20/h4-10H,11-12H2,1-3H3. The topological polar surface area (TPSA) is 0 Å². The van der Waals surface area contributed by atoms with Gasteiger partial charge in [-0.2, -0.15) is 0 Å². The molecule has 0 aliphatic carbocycles. The molecule has 0 aliphatic heterocycles. The van der Waals surface area contributed by atoms with Crippen LogP contribution in [0.4, 0.5) is 0 Å². The molecule has 0 amide bonds. The van der Waals surface area contributed by atoms with Crippen molar-refractivity contribution in [3.05, 3.63) is 59.2 Å². The van der Waals surface area contributed by atoms with Crippen molar-refractivity contribution in [3.8, 4) is 11.1 Å². The van der Waals surface area contributed by atoms with E-state index >= 15 is 0 Å². The van der Waals surface area contributed by atoms with E-state index in [9.17, 15) is 0 Å². The van der Waals surface area contributed by atoms with Gasteiger partial charge >= 0.3 is 0 Å². The van der Waals surface area contributed by atoms with E-state index < -0.39 is 0 Å². The number of rotatable bonds is 3. The summed E-state index contributed by atoms with van der Waals surface area (Å²) in [4.78, 5) is 0. The van der Waals surface area contributed by atoms with E-state index in [0.717, 1.165) is 5.56 Å². The zero-order valence-electron chi connectivity index (χ0n) is 12.2. The molecule has 0 saturated heterocycles. The zero-order chi connectivity index (χ0) is 14.8. The predicted molar refractivity (Wildman–Crippen MR) is 89.7 cm³/mol. The maximum absolute atomic E-state index is 6.23. The minimum Gasteiger partial charge on any atom is -0.122 e. The van der Waals surface area contributed by atoms with Gasteiger partial charge in [-0.3, -0.25) is 0 Å². The Morgan fingerprint density at radius 1 is 0.800 bits per heavy atom. The highest BCUT2D eigenvalue weighted by Gasteiger charge is 2.21. The fourth-order valence-electron chi connectivity index (χ4n) is 2.59. The lowest BCUT2D eigenvalue weighted by Crippen LogP contribution is -2.15. The number of halogens is 2. The molecule has 0 bridgehead atoms.